The van der Waals surface area contributed by atoms with E-state index < -0.39 is 0 Å². The molecular weight excluding hydrogens is 228 g/mol. The van der Waals surface area contributed by atoms with Crippen LogP contribution in [-0.2, 0) is 0 Å². The van der Waals surface area contributed by atoms with Crippen molar-refractivity contribution in [1.82, 2.24) is 10.2 Å². The van der Waals surface area contributed by atoms with E-state index in [-0.39, 0.29) is 5.91 Å². The highest BCUT2D eigenvalue weighted by molar-refractivity contribution is 5.94. The van der Waals surface area contributed by atoms with Crippen LogP contribution in [0.4, 0.5) is 5.69 Å². The van der Waals surface area contributed by atoms with Crippen molar-refractivity contribution in [3.05, 3.63) is 29.8 Å². The van der Waals surface area contributed by atoms with Gasteiger partial charge >= 0.3 is 0 Å². The number of likely N-dealkylation sites (tertiary alicyclic amines) is 1. The third-order valence-corrected chi connectivity index (χ3v) is 3.35. The van der Waals surface area contributed by atoms with Gasteiger partial charge in [0.15, 0.2) is 0 Å². The summed E-state index contributed by atoms with van der Waals surface area (Å²) in [6.45, 7) is 2.94. The molecule has 1 amide bonds. The number of hydrogen-bond acceptors (Lipinski definition) is 4. The van der Waals surface area contributed by atoms with E-state index in [1.807, 2.05) is 0 Å². The van der Waals surface area contributed by atoms with Crippen LogP contribution < -0.4 is 16.6 Å². The average molecular weight is 248 g/mol. The predicted octanol–water partition coefficient (Wildman–Crippen LogP) is 0.654. The maximum absolute atomic E-state index is 11.9. The van der Waals surface area contributed by atoms with E-state index in [1.54, 1.807) is 24.3 Å². The van der Waals surface area contributed by atoms with Gasteiger partial charge in [-0.05, 0) is 50.2 Å². The Kier molecular flexibility index (Phi) is 4.17. The molecule has 0 aliphatic carbocycles. The third kappa shape index (κ3) is 3.21. The van der Waals surface area contributed by atoms with Crippen molar-refractivity contribution in [3.63, 3.8) is 0 Å². The summed E-state index contributed by atoms with van der Waals surface area (Å²) in [6.07, 6.45) is 1.16. The molecule has 1 aromatic carbocycles. The molecule has 0 aromatic heterocycles. The Hall–Kier alpha value is -1.59. The minimum Gasteiger partial charge on any atom is -0.352 e. The minimum absolute atomic E-state index is 0.0203. The smallest absolute Gasteiger partial charge is 0.251 e. The summed E-state index contributed by atoms with van der Waals surface area (Å²) < 4.78 is 0. The molecule has 1 aliphatic rings. The summed E-state index contributed by atoms with van der Waals surface area (Å²) in [4.78, 5) is 14.2. The maximum atomic E-state index is 11.9. The molecule has 98 valence electrons. The fourth-order valence-corrected chi connectivity index (χ4v) is 2.25. The van der Waals surface area contributed by atoms with Gasteiger partial charge in [-0.25, -0.2) is 0 Å². The van der Waals surface area contributed by atoms with Crippen LogP contribution in [0.15, 0.2) is 24.3 Å². The summed E-state index contributed by atoms with van der Waals surface area (Å²) in [5, 5.41) is 2.98. The molecule has 1 aliphatic heterocycles. The number of rotatable bonds is 4. The van der Waals surface area contributed by atoms with Crippen LogP contribution in [0, 0.1) is 5.92 Å². The molecule has 0 bridgehead atoms. The van der Waals surface area contributed by atoms with Gasteiger partial charge in [-0.3, -0.25) is 10.6 Å². The number of hydrazine groups is 1. The maximum Gasteiger partial charge on any atom is 0.251 e. The van der Waals surface area contributed by atoms with Gasteiger partial charge in [0.25, 0.3) is 5.91 Å². The molecule has 1 aromatic rings. The molecule has 1 unspecified atom stereocenters. The standard InChI is InChI=1S/C13H20N4O/c1-17-7-6-10(9-17)8-15-13(18)11-2-4-12(16-14)5-3-11/h2-5,10,16H,6-9,14H2,1H3,(H,15,18). The second-order valence-electron chi connectivity index (χ2n) is 4.85. The van der Waals surface area contributed by atoms with Crippen LogP contribution >= 0.6 is 0 Å². The van der Waals surface area contributed by atoms with Crippen molar-refractivity contribution < 1.29 is 4.79 Å². The van der Waals surface area contributed by atoms with Gasteiger partial charge in [0, 0.05) is 24.3 Å². The van der Waals surface area contributed by atoms with Crippen molar-refractivity contribution in [1.29, 1.82) is 0 Å². The second kappa shape index (κ2) is 5.84. The molecule has 5 heteroatoms. The van der Waals surface area contributed by atoms with Crippen LogP contribution in [0.5, 0.6) is 0 Å². The molecule has 18 heavy (non-hydrogen) atoms. The van der Waals surface area contributed by atoms with Crippen molar-refractivity contribution in [2.24, 2.45) is 11.8 Å². The van der Waals surface area contributed by atoms with Crippen LogP contribution in [0.2, 0.25) is 0 Å². The Balaban J connectivity index is 1.83. The molecule has 1 saturated heterocycles. The first-order valence-electron chi connectivity index (χ1n) is 6.22. The van der Waals surface area contributed by atoms with E-state index in [2.05, 4.69) is 22.7 Å². The van der Waals surface area contributed by atoms with Crippen LogP contribution in [0.1, 0.15) is 16.8 Å². The van der Waals surface area contributed by atoms with E-state index >= 15 is 0 Å². The highest BCUT2D eigenvalue weighted by atomic mass is 16.1. The summed E-state index contributed by atoms with van der Waals surface area (Å²) in [6, 6.07) is 7.12. The van der Waals surface area contributed by atoms with Gasteiger partial charge in [-0.1, -0.05) is 0 Å². The molecule has 0 radical (unpaired) electrons. The zero-order chi connectivity index (χ0) is 13.0. The Bertz CT molecular complexity index is 404. The average Bonchev–Trinajstić information content (AvgIpc) is 2.82. The number of carbonyl (C=O) groups is 1. The quantitative estimate of drug-likeness (QED) is 0.540. The minimum atomic E-state index is -0.0203. The fourth-order valence-electron chi connectivity index (χ4n) is 2.25. The lowest BCUT2D eigenvalue weighted by Gasteiger charge is -2.11. The van der Waals surface area contributed by atoms with Crippen molar-refractivity contribution in [3.8, 4) is 0 Å². The molecule has 2 rings (SSSR count). The number of nitrogens with two attached hydrogens (primary N) is 1. The topological polar surface area (TPSA) is 70.4 Å². The molecule has 0 saturated carbocycles. The van der Waals surface area contributed by atoms with Gasteiger partial charge in [-0.15, -0.1) is 0 Å². The zero-order valence-corrected chi connectivity index (χ0v) is 10.6. The summed E-state index contributed by atoms with van der Waals surface area (Å²) in [7, 11) is 2.11. The molecule has 4 N–H and O–H groups in total. The summed E-state index contributed by atoms with van der Waals surface area (Å²) >= 11 is 0. The van der Waals surface area contributed by atoms with Gasteiger partial charge in [-0.2, -0.15) is 0 Å². The Labute approximate surface area is 107 Å². The first kappa shape index (κ1) is 12.9. The normalized spacial score (nSPS) is 19.8. The van der Waals surface area contributed by atoms with Crippen molar-refractivity contribution in [2.75, 3.05) is 32.1 Å². The molecule has 1 atom stereocenters. The zero-order valence-electron chi connectivity index (χ0n) is 10.6. The van der Waals surface area contributed by atoms with Crippen molar-refractivity contribution >= 4 is 11.6 Å². The number of amides is 1. The molecule has 0 spiro atoms. The number of hydrogen-bond donors (Lipinski definition) is 3. The van der Waals surface area contributed by atoms with Gasteiger partial charge < -0.3 is 15.6 Å². The lowest BCUT2D eigenvalue weighted by atomic mass is 10.1. The Morgan fingerprint density at radius 3 is 2.72 bits per heavy atom. The first-order valence-corrected chi connectivity index (χ1v) is 6.22. The number of anilines is 1. The van der Waals surface area contributed by atoms with E-state index in [0.29, 0.717) is 11.5 Å². The van der Waals surface area contributed by atoms with Crippen molar-refractivity contribution in [2.45, 2.75) is 6.42 Å². The molecule has 1 heterocycles. The highest BCUT2D eigenvalue weighted by Gasteiger charge is 2.19. The van der Waals surface area contributed by atoms with Crippen LogP contribution in [-0.4, -0.2) is 37.5 Å². The van der Waals surface area contributed by atoms with E-state index in [4.69, 9.17) is 5.84 Å². The van der Waals surface area contributed by atoms with E-state index in [0.717, 1.165) is 31.7 Å². The highest BCUT2D eigenvalue weighted by Crippen LogP contribution is 2.13. The number of benzene rings is 1. The number of carbonyl (C=O) groups excluding carboxylic acids is 1. The van der Waals surface area contributed by atoms with E-state index in [9.17, 15) is 4.79 Å². The number of nitrogen functional groups attached to an aromatic ring is 1. The third-order valence-electron chi connectivity index (χ3n) is 3.35. The predicted molar refractivity (Wildman–Crippen MR) is 72.2 cm³/mol. The molecule has 1 fully saturated rings. The summed E-state index contributed by atoms with van der Waals surface area (Å²) in [5.74, 6) is 5.83. The summed E-state index contributed by atoms with van der Waals surface area (Å²) in [5.41, 5.74) is 4.00. The molecular formula is C13H20N4O. The van der Waals surface area contributed by atoms with Crippen LogP contribution in [0.25, 0.3) is 0 Å². The monoisotopic (exact) mass is 248 g/mol. The van der Waals surface area contributed by atoms with Gasteiger partial charge in [0.2, 0.25) is 0 Å². The first-order chi connectivity index (χ1) is 8.69. The van der Waals surface area contributed by atoms with Crippen LogP contribution in [0.3, 0.4) is 0 Å². The molecule has 5 nitrogen and oxygen atoms in total. The number of nitrogens with zero attached hydrogens (tertiary/aromatic N) is 1. The fraction of sp³-hybridized carbons (Fsp3) is 0.462. The Morgan fingerprint density at radius 2 is 2.17 bits per heavy atom. The lowest BCUT2D eigenvalue weighted by molar-refractivity contribution is 0.0947. The SMILES string of the molecule is CN1CCC(CNC(=O)c2ccc(NN)cc2)C1. The second-order valence-corrected chi connectivity index (χ2v) is 4.85. The number of nitrogens with one attached hydrogen (secondary N) is 2. The largest absolute Gasteiger partial charge is 0.352 e. The lowest BCUT2D eigenvalue weighted by Crippen LogP contribution is -2.30. The van der Waals surface area contributed by atoms with E-state index in [1.165, 1.54) is 0 Å². The van der Waals surface area contributed by atoms with Gasteiger partial charge in [0.1, 0.15) is 0 Å². The Morgan fingerprint density at radius 1 is 1.44 bits per heavy atom. The van der Waals surface area contributed by atoms with Gasteiger partial charge in [0.05, 0.1) is 0 Å².